The Morgan fingerprint density at radius 2 is 0.847 bits per heavy atom. The van der Waals surface area contributed by atoms with Crippen molar-refractivity contribution in [1.82, 2.24) is 42.5 Å². The topological polar surface area (TPSA) is 105 Å². The van der Waals surface area contributed by atoms with Crippen LogP contribution in [0.4, 0.5) is 0 Å². The Morgan fingerprint density at radius 1 is 0.424 bits per heavy atom. The van der Waals surface area contributed by atoms with Gasteiger partial charge in [0, 0.05) is 11.8 Å². The van der Waals surface area contributed by atoms with Gasteiger partial charge < -0.3 is 4.74 Å². The van der Waals surface area contributed by atoms with Crippen LogP contribution < -0.4 is 47.3 Å². The van der Waals surface area contributed by atoms with Crippen molar-refractivity contribution in [2.45, 2.75) is 152 Å². The third-order valence-corrected chi connectivity index (χ3v) is 17.7. The summed E-state index contributed by atoms with van der Waals surface area (Å²) in [5.41, 5.74) is 0. The Morgan fingerprint density at radius 3 is 1.39 bits per heavy atom. The lowest BCUT2D eigenvalue weighted by Gasteiger charge is -2.51. The van der Waals surface area contributed by atoms with Crippen LogP contribution in [0.1, 0.15) is 96.3 Å². The van der Waals surface area contributed by atoms with Gasteiger partial charge in [0.25, 0.3) is 0 Å². The van der Waals surface area contributed by atoms with Crippen LogP contribution in [0, 0.1) is 71.0 Å². The lowest BCUT2D eigenvalue weighted by atomic mass is 9.57. The predicted molar refractivity (Wildman–Crippen MR) is 238 cm³/mol. The minimum absolute atomic E-state index is 0.00663. The monoisotopic (exact) mass is 805 g/mol. The van der Waals surface area contributed by atoms with Crippen LogP contribution in [-0.2, 0) is 0 Å². The van der Waals surface area contributed by atoms with E-state index in [1.54, 1.807) is 0 Å². The number of ether oxygens (including phenoxy) is 1. The Labute approximate surface area is 355 Å². The summed E-state index contributed by atoms with van der Waals surface area (Å²) in [6, 6.07) is 10.6. The van der Waals surface area contributed by atoms with Crippen LogP contribution in [0.25, 0.3) is 0 Å². The van der Waals surface area contributed by atoms with E-state index in [2.05, 4.69) is 123 Å². The fraction of sp³-hybridized carbons (Fsp3) is 0.720. The molecular weight excluding hydrogens is 729 g/mol. The molecule has 8 N–H and O–H groups in total. The second-order valence-electron chi connectivity index (χ2n) is 20.5. The van der Waals surface area contributed by atoms with Crippen LogP contribution in [-0.4, -0.2) is 55.4 Å². The van der Waals surface area contributed by atoms with Gasteiger partial charge in [-0.1, -0.05) is 74.6 Å². The molecule has 322 valence electrons. The van der Waals surface area contributed by atoms with Gasteiger partial charge in [0.05, 0.1) is 49.3 Å². The van der Waals surface area contributed by atoms with E-state index in [1.807, 2.05) is 0 Å². The van der Waals surface area contributed by atoms with Gasteiger partial charge in [0.15, 0.2) is 0 Å². The first-order chi connectivity index (χ1) is 29.1. The Hall–Kier alpha value is -2.34. The molecule has 1 aromatic carbocycles. The number of fused-ring (bicyclic) bond motifs is 20. The van der Waals surface area contributed by atoms with Crippen LogP contribution in [0.3, 0.4) is 0 Å². The van der Waals surface area contributed by atoms with Crippen molar-refractivity contribution >= 4 is 0 Å². The average molecular weight is 805 g/mol. The Bertz CT molecular complexity index is 1620. The van der Waals surface area contributed by atoms with Crippen LogP contribution >= 0.6 is 0 Å². The second-order valence-corrected chi connectivity index (χ2v) is 20.5. The van der Waals surface area contributed by atoms with E-state index in [4.69, 9.17) is 4.74 Å². The van der Waals surface area contributed by atoms with Gasteiger partial charge in [-0.15, -0.1) is 26.3 Å². The zero-order chi connectivity index (χ0) is 40.0. The molecule has 21 atom stereocenters. The summed E-state index contributed by atoms with van der Waals surface area (Å²) >= 11 is 0. The molecule has 4 saturated carbocycles. The molecule has 0 aromatic heterocycles. The molecule has 5 aliphatic heterocycles. The normalized spacial score (nSPS) is 48.8. The number of allylic oxidation sites excluding steroid dienone is 4. The van der Waals surface area contributed by atoms with E-state index in [0.29, 0.717) is 77.4 Å². The maximum absolute atomic E-state index is 7.38. The summed E-state index contributed by atoms with van der Waals surface area (Å²) in [5, 5.41) is 34.8. The van der Waals surface area contributed by atoms with Crippen molar-refractivity contribution in [2.75, 3.05) is 0 Å². The van der Waals surface area contributed by atoms with Gasteiger partial charge in [0.2, 0.25) is 0 Å². The summed E-state index contributed by atoms with van der Waals surface area (Å²) in [5.74, 6) is 6.81. The summed E-state index contributed by atoms with van der Waals surface area (Å²) in [7, 11) is 0. The van der Waals surface area contributed by atoms with Gasteiger partial charge in [-0.3, -0.25) is 42.5 Å². The van der Waals surface area contributed by atoms with Crippen molar-refractivity contribution < 1.29 is 4.74 Å². The third-order valence-electron chi connectivity index (χ3n) is 17.7. The fourth-order valence-electron chi connectivity index (χ4n) is 15.5. The number of hydrogen-bond donors (Lipinski definition) is 8. The molecule has 59 heavy (non-hydrogen) atoms. The molecule has 5 heterocycles. The van der Waals surface area contributed by atoms with Gasteiger partial charge in [-0.05, 0) is 136 Å². The minimum Gasteiger partial charge on any atom is -0.490 e. The number of nitrogens with one attached hydrogen (secondary N) is 8. The highest BCUT2D eigenvalue weighted by molar-refractivity contribution is 5.23. The third kappa shape index (κ3) is 7.55. The molecule has 1 aromatic rings. The van der Waals surface area contributed by atoms with E-state index in [0.717, 1.165) is 31.4 Å². The standard InChI is InChI=1S/C50H76N8O/c1-5-17-29-21-16-28-38-39(29)48-56-47(38)54-45-35-25-13-12-24-34(35)43(52-45)51-44-36-26-14-15-27-37(36)46(53-44)55-50-41-40(49(57-48)58-50)32(19-7-3)31(18-6-2)33(20-8-4)42(41)59-30-22-10-9-11-23-30/h5-11,22-23,29,31-58H,1-4,12-21,24-28H2. The largest absolute Gasteiger partial charge is 0.490 e. The highest BCUT2D eigenvalue weighted by atomic mass is 16.5. The highest BCUT2D eigenvalue weighted by Gasteiger charge is 2.61. The SMILES string of the molecule is C=CCC1CCCC2C3NC4NC(NC5NC(NC6NC(NC(N3)C12)C1C(CC=C)C(CC=C)C(CC=C)C(Oc2ccccc2)C61)C1CCCCC51)C1CCCCC41. The second kappa shape index (κ2) is 17.8. The summed E-state index contributed by atoms with van der Waals surface area (Å²) in [6.45, 7) is 17.4. The number of benzene rings is 1. The lowest BCUT2D eigenvalue weighted by molar-refractivity contribution is -0.0679. The lowest BCUT2D eigenvalue weighted by Crippen LogP contribution is -2.62. The van der Waals surface area contributed by atoms with E-state index in [-0.39, 0.29) is 49.0 Å². The van der Waals surface area contributed by atoms with Gasteiger partial charge >= 0.3 is 0 Å². The van der Waals surface area contributed by atoms with Crippen LogP contribution in [0.5, 0.6) is 5.75 Å². The maximum atomic E-state index is 7.38. The highest BCUT2D eigenvalue weighted by Crippen LogP contribution is 2.54. The van der Waals surface area contributed by atoms with Crippen molar-refractivity contribution in [3.8, 4) is 5.75 Å². The minimum atomic E-state index is -0.00663. The summed E-state index contributed by atoms with van der Waals surface area (Å²) in [4.78, 5) is 0. The van der Waals surface area contributed by atoms with Gasteiger partial charge in [-0.25, -0.2) is 0 Å². The quantitative estimate of drug-likeness (QED) is 0.121. The molecule has 21 unspecified atom stereocenters. The van der Waals surface area contributed by atoms with Crippen LogP contribution in [0.15, 0.2) is 81.0 Å². The molecule has 10 rings (SSSR count). The Kier molecular flexibility index (Phi) is 12.3. The van der Waals surface area contributed by atoms with E-state index >= 15 is 0 Å². The first-order valence-corrected chi connectivity index (χ1v) is 24.3. The molecule has 5 saturated heterocycles. The molecule has 9 fully saturated rings. The van der Waals surface area contributed by atoms with E-state index in [9.17, 15) is 0 Å². The van der Waals surface area contributed by atoms with Gasteiger partial charge in [0.1, 0.15) is 11.9 Å². The van der Waals surface area contributed by atoms with Crippen molar-refractivity contribution in [1.29, 1.82) is 0 Å². The van der Waals surface area contributed by atoms with Crippen molar-refractivity contribution in [3.63, 3.8) is 0 Å². The number of para-hydroxylation sites is 1. The molecule has 9 aliphatic rings. The average Bonchev–Trinajstić information content (AvgIpc) is 4.00. The molecule has 0 radical (unpaired) electrons. The molecule has 0 spiro atoms. The summed E-state index contributed by atoms with van der Waals surface area (Å²) < 4.78 is 7.38. The van der Waals surface area contributed by atoms with Crippen LogP contribution in [0.2, 0.25) is 0 Å². The molecule has 9 heteroatoms. The zero-order valence-electron chi connectivity index (χ0n) is 35.7. The van der Waals surface area contributed by atoms with Crippen molar-refractivity contribution in [2.24, 2.45) is 71.0 Å². The molecule has 4 aliphatic carbocycles. The molecule has 8 bridgehead atoms. The molecule has 0 amide bonds. The van der Waals surface area contributed by atoms with E-state index < -0.39 is 0 Å². The number of rotatable bonds is 10. The smallest absolute Gasteiger partial charge is 0.119 e. The number of hydrogen-bond acceptors (Lipinski definition) is 9. The first kappa shape index (κ1) is 40.7. The van der Waals surface area contributed by atoms with Crippen molar-refractivity contribution in [3.05, 3.63) is 81.0 Å². The Balaban J connectivity index is 1.08. The molecular formula is C50H76N8O. The fourth-order valence-corrected chi connectivity index (χ4v) is 15.5. The maximum Gasteiger partial charge on any atom is 0.119 e. The zero-order valence-corrected chi connectivity index (χ0v) is 35.7. The first-order valence-electron chi connectivity index (χ1n) is 24.3. The van der Waals surface area contributed by atoms with Gasteiger partial charge in [-0.2, -0.15) is 0 Å². The molecule has 9 nitrogen and oxygen atoms in total. The summed E-state index contributed by atoms with van der Waals surface area (Å²) in [6.07, 6.45) is 28.7. The van der Waals surface area contributed by atoms with E-state index in [1.165, 1.54) is 70.6 Å². The predicted octanol–water partition coefficient (Wildman–Crippen LogP) is 6.87.